The number of fused-ring (bicyclic) bond motifs is 4. The highest BCUT2D eigenvalue weighted by Crippen LogP contribution is 2.39. The highest BCUT2D eigenvalue weighted by atomic mass is 35.5. The van der Waals surface area contributed by atoms with Crippen molar-refractivity contribution in [1.82, 2.24) is 25.1 Å². The molecule has 2 aromatic carbocycles. The van der Waals surface area contributed by atoms with E-state index >= 15 is 0 Å². The molecule has 0 bridgehead atoms. The fraction of sp³-hybridized carbons (Fsp3) is 0.366. The summed E-state index contributed by atoms with van der Waals surface area (Å²) in [6.45, 7) is 9.69. The lowest BCUT2D eigenvalue weighted by Gasteiger charge is -2.13. The number of anilines is 2. The minimum absolute atomic E-state index is 0.113. The first kappa shape index (κ1) is 39.3. The molecule has 2 aliphatic rings. The van der Waals surface area contributed by atoms with E-state index in [4.69, 9.17) is 30.8 Å². The van der Waals surface area contributed by atoms with E-state index < -0.39 is 6.04 Å². The lowest BCUT2D eigenvalue weighted by molar-refractivity contribution is -0.121. The zero-order valence-corrected chi connectivity index (χ0v) is 33.5. The smallest absolute Gasteiger partial charge is 0.231 e. The van der Waals surface area contributed by atoms with Crippen LogP contribution in [-0.2, 0) is 30.2 Å². The second-order valence-electron chi connectivity index (χ2n) is 13.6. The van der Waals surface area contributed by atoms with Gasteiger partial charge in [0.1, 0.15) is 22.7 Å². The van der Waals surface area contributed by atoms with Gasteiger partial charge in [0.2, 0.25) is 11.8 Å². The number of aryl methyl sites for hydroxylation is 2. The standard InChI is InChI=1S/C41H45ClN8O5S/c1-25-26(2)56-41-38(25)39(28-5-9-32(42)10-6-28)46-33(40-48-47-27(3)50(40)41)23-36(51)44-14-16-54-18-20-55-19-17-53-15-13-43-35-12-8-30(24-45-35)29-7-11-34-31(21-29)22-37(52)49(34)4/h5-12,21,24,33H,13-20,22-23H2,1-4H3,(H,43,45)(H,44,51)/t33-/m0/s1. The van der Waals surface area contributed by atoms with E-state index in [-0.39, 0.29) is 18.2 Å². The molecule has 0 saturated carbocycles. The number of hydrogen-bond acceptors (Lipinski definition) is 11. The average molecular weight is 797 g/mol. The predicted octanol–water partition coefficient (Wildman–Crippen LogP) is 6.05. The molecule has 3 aromatic heterocycles. The van der Waals surface area contributed by atoms with E-state index in [1.807, 2.05) is 73.3 Å². The number of likely N-dealkylation sites (N-methyl/N-ethyl adjacent to an activating group) is 1. The second kappa shape index (κ2) is 17.9. The van der Waals surface area contributed by atoms with Crippen LogP contribution in [0.2, 0.25) is 5.02 Å². The monoisotopic (exact) mass is 796 g/mol. The Hall–Kier alpha value is -4.99. The minimum Gasteiger partial charge on any atom is -0.377 e. The molecule has 2 N–H and O–H groups in total. The summed E-state index contributed by atoms with van der Waals surface area (Å²) in [6.07, 6.45) is 2.38. The molecule has 0 aliphatic carbocycles. The zero-order chi connectivity index (χ0) is 39.2. The van der Waals surface area contributed by atoms with Crippen LogP contribution < -0.4 is 15.5 Å². The van der Waals surface area contributed by atoms with Crippen molar-refractivity contribution in [3.05, 3.63) is 105 Å². The number of ether oxygens (including phenoxy) is 3. The minimum atomic E-state index is -0.532. The maximum absolute atomic E-state index is 13.2. The molecule has 2 amide bonds. The largest absolute Gasteiger partial charge is 0.377 e. The van der Waals surface area contributed by atoms with Crippen LogP contribution >= 0.6 is 22.9 Å². The van der Waals surface area contributed by atoms with Crippen LogP contribution in [0.1, 0.15) is 51.2 Å². The summed E-state index contributed by atoms with van der Waals surface area (Å²) in [4.78, 5) is 37.7. The molecule has 0 radical (unpaired) electrons. The number of hydrogen-bond donors (Lipinski definition) is 2. The molecule has 56 heavy (non-hydrogen) atoms. The molecule has 5 heterocycles. The average Bonchev–Trinajstić information content (AvgIpc) is 3.79. The van der Waals surface area contributed by atoms with Crippen LogP contribution in [0, 0.1) is 20.8 Å². The van der Waals surface area contributed by atoms with E-state index in [9.17, 15) is 9.59 Å². The summed E-state index contributed by atoms with van der Waals surface area (Å²) in [5.74, 6) is 2.11. The van der Waals surface area contributed by atoms with E-state index in [1.165, 1.54) is 4.88 Å². The Morgan fingerprint density at radius 3 is 2.32 bits per heavy atom. The molecule has 0 unspecified atom stereocenters. The fourth-order valence-corrected chi connectivity index (χ4v) is 8.09. The topological polar surface area (TPSA) is 145 Å². The van der Waals surface area contributed by atoms with Gasteiger partial charge in [0, 0.05) is 58.6 Å². The Labute approximate surface area is 335 Å². The van der Waals surface area contributed by atoms with E-state index in [2.05, 4.69) is 45.7 Å². The van der Waals surface area contributed by atoms with Crippen molar-refractivity contribution in [3.8, 4) is 16.1 Å². The third-order valence-electron chi connectivity index (χ3n) is 9.85. The van der Waals surface area contributed by atoms with Crippen LogP contribution in [0.5, 0.6) is 0 Å². The van der Waals surface area contributed by atoms with Crippen LogP contribution in [0.3, 0.4) is 0 Å². The summed E-state index contributed by atoms with van der Waals surface area (Å²) in [5, 5.41) is 16.7. The zero-order valence-electron chi connectivity index (χ0n) is 31.9. The van der Waals surface area contributed by atoms with Crippen molar-refractivity contribution in [2.75, 3.05) is 70.0 Å². The predicted molar refractivity (Wildman–Crippen MR) is 219 cm³/mol. The van der Waals surface area contributed by atoms with Gasteiger partial charge in [-0.3, -0.25) is 19.1 Å². The molecule has 292 valence electrons. The molecule has 7 rings (SSSR count). The number of rotatable bonds is 17. The van der Waals surface area contributed by atoms with E-state index in [0.717, 1.165) is 61.4 Å². The summed E-state index contributed by atoms with van der Waals surface area (Å²) >= 11 is 7.89. The second-order valence-corrected chi connectivity index (χ2v) is 15.3. The van der Waals surface area contributed by atoms with Gasteiger partial charge in [-0.2, -0.15) is 0 Å². The molecular weight excluding hydrogens is 752 g/mol. The Morgan fingerprint density at radius 2 is 1.59 bits per heavy atom. The molecule has 1 atom stereocenters. The SMILES string of the molecule is Cc1sc2c(c1C)C(c1ccc(Cl)cc1)=N[C@@H](CC(=O)NCCOCCOCCOCCNc1ccc(-c3ccc4c(c3)CC(=O)N4C)cn1)c1nnc(C)n1-2. The number of pyridine rings is 1. The van der Waals surface area contributed by atoms with E-state index in [0.29, 0.717) is 70.0 Å². The summed E-state index contributed by atoms with van der Waals surface area (Å²) in [7, 11) is 1.81. The number of thiophene rings is 1. The van der Waals surface area contributed by atoms with Crippen LogP contribution in [-0.4, -0.2) is 97.1 Å². The molecule has 13 nitrogen and oxygen atoms in total. The molecule has 0 saturated heterocycles. The summed E-state index contributed by atoms with van der Waals surface area (Å²) in [6, 6.07) is 17.1. The molecule has 5 aromatic rings. The number of benzene rings is 2. The lowest BCUT2D eigenvalue weighted by atomic mass is 9.99. The van der Waals surface area contributed by atoms with Crippen molar-refractivity contribution in [2.24, 2.45) is 4.99 Å². The highest BCUT2D eigenvalue weighted by molar-refractivity contribution is 7.15. The van der Waals surface area contributed by atoms with Crippen molar-refractivity contribution in [2.45, 2.75) is 39.7 Å². The quantitative estimate of drug-likeness (QED) is 0.108. The number of aromatic nitrogens is 4. The van der Waals surface area contributed by atoms with Crippen molar-refractivity contribution < 1.29 is 23.8 Å². The number of aliphatic imine (C=N–C) groups is 1. The molecule has 2 aliphatic heterocycles. The number of amides is 2. The van der Waals surface area contributed by atoms with Crippen LogP contribution in [0.15, 0.2) is 65.8 Å². The summed E-state index contributed by atoms with van der Waals surface area (Å²) in [5.41, 5.74) is 7.95. The third-order valence-corrected chi connectivity index (χ3v) is 11.3. The van der Waals surface area contributed by atoms with Gasteiger partial charge in [-0.25, -0.2) is 4.98 Å². The van der Waals surface area contributed by atoms with Crippen LogP contribution in [0.4, 0.5) is 11.5 Å². The normalized spacial score (nSPS) is 14.6. The number of nitrogens with zero attached hydrogens (tertiary/aromatic N) is 6. The van der Waals surface area contributed by atoms with Gasteiger partial charge in [-0.05, 0) is 73.9 Å². The van der Waals surface area contributed by atoms with Gasteiger partial charge in [0.05, 0.1) is 58.2 Å². The number of carbonyl (C=O) groups is 2. The highest BCUT2D eigenvalue weighted by Gasteiger charge is 2.32. The van der Waals surface area contributed by atoms with E-state index in [1.54, 1.807) is 16.2 Å². The first-order valence-corrected chi connectivity index (χ1v) is 19.8. The van der Waals surface area contributed by atoms with Crippen molar-refractivity contribution >= 4 is 52.0 Å². The molecule has 0 fully saturated rings. The Kier molecular flexibility index (Phi) is 12.5. The molecular formula is C41H45ClN8O5S. The van der Waals surface area contributed by atoms with Gasteiger partial charge in [0.15, 0.2) is 5.82 Å². The first-order chi connectivity index (χ1) is 27.2. The Bertz CT molecular complexity index is 2220. The first-order valence-electron chi connectivity index (χ1n) is 18.6. The lowest BCUT2D eigenvalue weighted by Crippen LogP contribution is -2.29. The van der Waals surface area contributed by atoms with Gasteiger partial charge in [-0.15, -0.1) is 21.5 Å². The number of halogens is 1. The molecule has 0 spiro atoms. The Balaban J connectivity index is 0.777. The van der Waals surface area contributed by atoms with Gasteiger partial charge < -0.3 is 29.7 Å². The van der Waals surface area contributed by atoms with Crippen LogP contribution in [0.25, 0.3) is 16.1 Å². The number of nitrogens with one attached hydrogen (secondary N) is 2. The van der Waals surface area contributed by atoms with Crippen molar-refractivity contribution in [3.63, 3.8) is 0 Å². The van der Waals surface area contributed by atoms with Crippen molar-refractivity contribution in [1.29, 1.82) is 0 Å². The van der Waals surface area contributed by atoms with Gasteiger partial charge >= 0.3 is 0 Å². The molecule has 15 heteroatoms. The summed E-state index contributed by atoms with van der Waals surface area (Å²) < 4.78 is 19.0. The van der Waals surface area contributed by atoms with Gasteiger partial charge in [-0.1, -0.05) is 29.8 Å². The number of carbonyl (C=O) groups excluding carboxylic acids is 2. The van der Waals surface area contributed by atoms with Gasteiger partial charge in [0.25, 0.3) is 0 Å². The maximum atomic E-state index is 13.2. The Morgan fingerprint density at radius 1 is 0.893 bits per heavy atom. The third kappa shape index (κ3) is 8.85. The maximum Gasteiger partial charge on any atom is 0.231 e. The fourth-order valence-electron chi connectivity index (χ4n) is 6.75.